The summed E-state index contributed by atoms with van der Waals surface area (Å²) in [7, 11) is 0. The average Bonchev–Trinajstić information content (AvgIpc) is 3.07. The molecule has 1 rings (SSSR count). The van der Waals surface area contributed by atoms with Crippen molar-refractivity contribution in [1.82, 2.24) is 5.32 Å². The van der Waals surface area contributed by atoms with Crippen LogP contribution in [-0.4, -0.2) is 30.1 Å². The van der Waals surface area contributed by atoms with Crippen LogP contribution in [0.4, 0.5) is 4.79 Å². The zero-order chi connectivity index (χ0) is 20.3. The van der Waals surface area contributed by atoms with Crippen LogP contribution in [0.5, 0.6) is 0 Å². The number of hydrogen-bond donors (Lipinski definition) is 1. The van der Waals surface area contributed by atoms with Crippen LogP contribution in [0.25, 0.3) is 0 Å². The second-order valence-electron chi connectivity index (χ2n) is 8.70. The number of rotatable bonds is 12. The van der Waals surface area contributed by atoms with Crippen molar-refractivity contribution in [3.63, 3.8) is 0 Å². The van der Waals surface area contributed by atoms with Gasteiger partial charge in [-0.15, -0.1) is 0 Å². The van der Waals surface area contributed by atoms with Crippen molar-refractivity contribution >= 4 is 39.4 Å². The van der Waals surface area contributed by atoms with E-state index in [0.717, 1.165) is 0 Å². The molecule has 0 saturated heterocycles. The molecule has 0 bridgehead atoms. The van der Waals surface area contributed by atoms with Gasteiger partial charge in [-0.2, -0.15) is 0 Å². The molecule has 1 aromatic rings. The topological polar surface area (TPSA) is 38.3 Å². The van der Waals surface area contributed by atoms with Crippen LogP contribution in [0.15, 0.2) is 11.4 Å². The zero-order valence-electron chi connectivity index (χ0n) is 18.5. The van der Waals surface area contributed by atoms with Gasteiger partial charge in [-0.25, -0.2) is 0 Å². The molecule has 5 heteroatoms. The molecule has 0 fully saturated rings. The second kappa shape index (κ2) is 12.4. The van der Waals surface area contributed by atoms with E-state index in [1.54, 1.807) is 3.58 Å². The van der Waals surface area contributed by atoms with Gasteiger partial charge in [0.2, 0.25) is 0 Å². The molecule has 3 nitrogen and oxygen atoms in total. The number of nitrogens with one attached hydrogen (secondary N) is 1. The maximum absolute atomic E-state index is 12.1. The first-order valence-corrected chi connectivity index (χ1v) is 19.2. The van der Waals surface area contributed by atoms with Gasteiger partial charge in [0.25, 0.3) is 0 Å². The number of carbonyl (C=O) groups excluding carboxylic acids is 1. The number of carbonyl (C=O) groups is 1. The molecule has 0 spiro atoms. The molecule has 27 heavy (non-hydrogen) atoms. The normalized spacial score (nSPS) is 12.2. The Bertz CT molecular complexity index is 529. The third kappa shape index (κ3) is 8.76. The summed E-state index contributed by atoms with van der Waals surface area (Å²) in [6, 6.07) is 2.41. The maximum atomic E-state index is 12.1. The van der Waals surface area contributed by atoms with Crippen molar-refractivity contribution in [2.45, 2.75) is 106 Å². The van der Waals surface area contributed by atoms with Crippen LogP contribution in [0.1, 0.15) is 84.9 Å². The summed E-state index contributed by atoms with van der Waals surface area (Å²) in [6.45, 7) is 13.3. The molecular weight excluding hydrogens is 461 g/mol. The van der Waals surface area contributed by atoms with E-state index in [1.807, 2.05) is 32.1 Å². The summed E-state index contributed by atoms with van der Waals surface area (Å²) in [6.07, 6.45) is 7.62. The molecule has 156 valence electrons. The van der Waals surface area contributed by atoms with Gasteiger partial charge in [-0.05, 0) is 0 Å². The van der Waals surface area contributed by atoms with Gasteiger partial charge in [0.15, 0.2) is 0 Å². The van der Waals surface area contributed by atoms with Gasteiger partial charge < -0.3 is 0 Å². The summed E-state index contributed by atoms with van der Waals surface area (Å²) in [5, 5.41) is 5.25. The number of unbranched alkanes of at least 4 members (excludes halogenated alkanes) is 3. The fourth-order valence-corrected chi connectivity index (χ4v) is 23.2. The standard InChI is InChI=1S/C10H14NO2S.3C4H9.Sn/c1-10(2,3)13-9(12)11-7-8-5-4-6-14-8;3*1-3-4-2;/h4,6H,7H2,1-3H3,(H,11,12);3*1,3-4H2,2H3;. The quantitative estimate of drug-likeness (QED) is 0.318. The number of hydrogen-bond acceptors (Lipinski definition) is 3. The average molecular weight is 502 g/mol. The van der Waals surface area contributed by atoms with Crippen molar-refractivity contribution in [3.8, 4) is 0 Å². The first kappa shape index (κ1) is 24.8. The SMILES string of the molecule is CCC[CH2][Sn]([CH2]CCC)([CH2]CCC)[c]1ccsc1CNC(=O)OC(C)(C)C. The number of amides is 1. The predicted molar refractivity (Wildman–Crippen MR) is 122 cm³/mol. The second-order valence-corrected chi connectivity index (χ2v) is 22.8. The molecule has 0 radical (unpaired) electrons. The molecule has 0 unspecified atom stereocenters. The molecule has 0 aliphatic carbocycles. The van der Waals surface area contributed by atoms with E-state index in [-0.39, 0.29) is 6.09 Å². The number of thiophene rings is 1. The van der Waals surface area contributed by atoms with Crippen LogP contribution in [0.3, 0.4) is 0 Å². The monoisotopic (exact) mass is 503 g/mol. The molecule has 1 amide bonds. The van der Waals surface area contributed by atoms with Crippen LogP contribution in [-0.2, 0) is 11.3 Å². The van der Waals surface area contributed by atoms with E-state index in [4.69, 9.17) is 4.74 Å². The molecule has 0 saturated carbocycles. The molecule has 1 heterocycles. The van der Waals surface area contributed by atoms with Crippen molar-refractivity contribution in [1.29, 1.82) is 0 Å². The van der Waals surface area contributed by atoms with Crippen molar-refractivity contribution in [3.05, 3.63) is 16.3 Å². The third-order valence-electron chi connectivity index (χ3n) is 5.14. The summed E-state index contributed by atoms with van der Waals surface area (Å²) in [4.78, 5) is 13.5. The Balaban J connectivity index is 3.01. The Morgan fingerprint density at radius 2 is 1.56 bits per heavy atom. The van der Waals surface area contributed by atoms with E-state index in [1.165, 1.54) is 56.7 Å². The molecule has 0 atom stereocenters. The summed E-state index contributed by atoms with van der Waals surface area (Å²) >= 11 is -0.622. The first-order chi connectivity index (χ1) is 12.8. The summed E-state index contributed by atoms with van der Waals surface area (Å²) < 4.78 is 11.5. The fourth-order valence-electron chi connectivity index (χ4n) is 3.74. The Hall–Kier alpha value is -0.231. The fraction of sp³-hybridized carbons (Fsp3) is 0.773. The van der Waals surface area contributed by atoms with Gasteiger partial charge in [0.05, 0.1) is 0 Å². The van der Waals surface area contributed by atoms with Crippen LogP contribution < -0.4 is 8.90 Å². The van der Waals surface area contributed by atoms with Crippen LogP contribution >= 0.6 is 11.3 Å². The van der Waals surface area contributed by atoms with E-state index in [9.17, 15) is 4.79 Å². The zero-order valence-corrected chi connectivity index (χ0v) is 22.1. The third-order valence-corrected chi connectivity index (χ3v) is 22.4. The Morgan fingerprint density at radius 3 is 2.00 bits per heavy atom. The van der Waals surface area contributed by atoms with Gasteiger partial charge in [0, 0.05) is 0 Å². The molecule has 1 aromatic heterocycles. The van der Waals surface area contributed by atoms with E-state index in [0.29, 0.717) is 6.54 Å². The minimum atomic E-state index is -2.44. The number of ether oxygens (including phenoxy) is 1. The molecular formula is C22H41NO2SSn. The molecule has 0 aliphatic heterocycles. The number of alkyl carbamates (subject to hydrolysis) is 1. The Kier molecular flexibility index (Phi) is 11.4. The van der Waals surface area contributed by atoms with Gasteiger partial charge in [-0.1, -0.05) is 0 Å². The van der Waals surface area contributed by atoms with Crippen molar-refractivity contribution in [2.75, 3.05) is 0 Å². The van der Waals surface area contributed by atoms with E-state index in [2.05, 4.69) is 37.5 Å². The van der Waals surface area contributed by atoms with Crippen LogP contribution in [0.2, 0.25) is 13.3 Å². The van der Waals surface area contributed by atoms with Crippen LogP contribution in [0, 0.1) is 0 Å². The Morgan fingerprint density at radius 1 is 1.04 bits per heavy atom. The summed E-state index contributed by atoms with van der Waals surface area (Å²) in [5.41, 5.74) is -0.450. The van der Waals surface area contributed by atoms with Crippen molar-refractivity contribution in [2.24, 2.45) is 0 Å². The van der Waals surface area contributed by atoms with E-state index >= 15 is 0 Å². The predicted octanol–water partition coefficient (Wildman–Crippen LogP) is 6.83. The van der Waals surface area contributed by atoms with Gasteiger partial charge in [0.1, 0.15) is 0 Å². The van der Waals surface area contributed by atoms with Crippen molar-refractivity contribution < 1.29 is 9.53 Å². The summed E-state index contributed by atoms with van der Waals surface area (Å²) in [5.74, 6) is 0. The molecule has 0 aliphatic rings. The van der Waals surface area contributed by atoms with Gasteiger partial charge in [-0.3, -0.25) is 0 Å². The van der Waals surface area contributed by atoms with E-state index < -0.39 is 24.0 Å². The first-order valence-electron chi connectivity index (χ1n) is 10.8. The molecule has 1 N–H and O–H groups in total. The van der Waals surface area contributed by atoms with Gasteiger partial charge >= 0.3 is 176 Å². The Labute approximate surface area is 175 Å². The molecule has 0 aromatic carbocycles. The minimum absolute atomic E-state index is 0.307.